The van der Waals surface area contributed by atoms with Crippen LogP contribution < -0.4 is 0 Å². The second kappa shape index (κ2) is 3.99. The third kappa shape index (κ3) is 3.14. The predicted octanol–water partition coefficient (Wildman–Crippen LogP) is 2.18. The predicted molar refractivity (Wildman–Crippen MR) is 41.8 cm³/mol. The van der Waals surface area contributed by atoms with Crippen molar-refractivity contribution in [3.8, 4) is 0 Å². The van der Waals surface area contributed by atoms with Gasteiger partial charge >= 0.3 is 0 Å². The molecule has 2 heteroatoms. The van der Waals surface area contributed by atoms with Gasteiger partial charge in [-0.25, -0.2) is 12.1 Å². The van der Waals surface area contributed by atoms with Crippen molar-refractivity contribution in [2.24, 2.45) is 0 Å². The zero-order valence-corrected chi connectivity index (χ0v) is 9.77. The van der Waals surface area contributed by atoms with Gasteiger partial charge in [0.25, 0.3) is 0 Å². The Morgan fingerprint density at radius 3 is 2.27 bits per heavy atom. The molecule has 1 nitrogen and oxygen atoms in total. The summed E-state index contributed by atoms with van der Waals surface area (Å²) in [4.78, 5) is 4.00. The molecule has 0 aliphatic rings. The molecular formula is C9H12NRe-. The Labute approximate surface area is 81.9 Å². The Hall–Kier alpha value is -0.188. The maximum absolute atomic E-state index is 4.00. The molecule has 0 amide bonds. The second-order valence-corrected chi connectivity index (χ2v) is 3.42. The van der Waals surface area contributed by atoms with E-state index in [4.69, 9.17) is 0 Å². The van der Waals surface area contributed by atoms with Crippen LogP contribution >= 0.6 is 0 Å². The Morgan fingerprint density at radius 2 is 2.00 bits per heavy atom. The summed E-state index contributed by atoms with van der Waals surface area (Å²) in [5.41, 5.74) is 1.43. The van der Waals surface area contributed by atoms with Crippen molar-refractivity contribution in [2.75, 3.05) is 0 Å². The smallest absolute Gasteiger partial charge is 0 e. The first-order valence-corrected chi connectivity index (χ1v) is 3.42. The quantitative estimate of drug-likeness (QED) is 0.668. The second-order valence-electron chi connectivity index (χ2n) is 3.42. The van der Waals surface area contributed by atoms with Crippen molar-refractivity contribution in [3.63, 3.8) is 0 Å². The molecule has 1 radical (unpaired) electrons. The van der Waals surface area contributed by atoms with Crippen LogP contribution in [0.2, 0.25) is 0 Å². The monoisotopic (exact) mass is 321 g/mol. The summed E-state index contributed by atoms with van der Waals surface area (Å²) in [7, 11) is 0. The van der Waals surface area contributed by atoms with Crippen LogP contribution in [0, 0.1) is 6.07 Å². The fourth-order valence-electron chi connectivity index (χ4n) is 0.735. The van der Waals surface area contributed by atoms with E-state index < -0.39 is 0 Å². The van der Waals surface area contributed by atoms with Crippen LogP contribution in [0.15, 0.2) is 18.5 Å². The molecule has 0 fully saturated rings. The van der Waals surface area contributed by atoms with Crippen LogP contribution in [0.1, 0.15) is 26.3 Å². The van der Waals surface area contributed by atoms with Gasteiger partial charge in [0, 0.05) is 20.4 Å². The molecule has 0 aromatic carbocycles. The molecule has 0 unspecified atom stereocenters. The molecule has 1 heterocycles. The fraction of sp³-hybridized carbons (Fsp3) is 0.444. The maximum Gasteiger partial charge on any atom is 0 e. The van der Waals surface area contributed by atoms with E-state index in [1.807, 2.05) is 12.3 Å². The Balaban J connectivity index is 0.000001000. The van der Waals surface area contributed by atoms with Gasteiger partial charge in [0.1, 0.15) is 0 Å². The molecule has 0 saturated carbocycles. The van der Waals surface area contributed by atoms with Crippen LogP contribution in [-0.2, 0) is 25.8 Å². The largest absolute Gasteiger partial charge is 0.304 e. The molecular weight excluding hydrogens is 308 g/mol. The van der Waals surface area contributed by atoms with Gasteiger partial charge in [-0.15, -0.1) is 0 Å². The van der Waals surface area contributed by atoms with E-state index in [9.17, 15) is 0 Å². The van der Waals surface area contributed by atoms with Gasteiger partial charge in [-0.2, -0.15) is 5.56 Å². The van der Waals surface area contributed by atoms with E-state index in [2.05, 4.69) is 31.8 Å². The summed E-state index contributed by atoms with van der Waals surface area (Å²) in [6.45, 7) is 6.49. The van der Waals surface area contributed by atoms with Gasteiger partial charge < -0.3 is 4.98 Å². The van der Waals surface area contributed by atoms with E-state index in [1.165, 1.54) is 5.56 Å². The van der Waals surface area contributed by atoms with Crippen LogP contribution in [0.5, 0.6) is 0 Å². The van der Waals surface area contributed by atoms with Gasteiger partial charge in [0.05, 0.1) is 0 Å². The van der Waals surface area contributed by atoms with Crippen LogP contribution in [0.25, 0.3) is 0 Å². The third-order valence-corrected chi connectivity index (χ3v) is 1.47. The normalized spacial score (nSPS) is 10.5. The zero-order chi connectivity index (χ0) is 7.61. The Kier molecular flexibility index (Phi) is 3.93. The molecule has 0 atom stereocenters. The van der Waals surface area contributed by atoms with Gasteiger partial charge in [0.2, 0.25) is 0 Å². The van der Waals surface area contributed by atoms with E-state index in [-0.39, 0.29) is 25.8 Å². The molecule has 0 aliphatic heterocycles. The van der Waals surface area contributed by atoms with Crippen molar-refractivity contribution in [3.05, 3.63) is 30.1 Å². The number of pyridine rings is 1. The van der Waals surface area contributed by atoms with Crippen molar-refractivity contribution in [2.45, 2.75) is 26.2 Å². The SMILES string of the molecule is CC(C)(C)c1c[c-]cnc1.[Re]. The average molecular weight is 320 g/mol. The van der Waals surface area contributed by atoms with Crippen molar-refractivity contribution >= 4 is 0 Å². The summed E-state index contributed by atoms with van der Waals surface area (Å²) < 4.78 is 0. The van der Waals surface area contributed by atoms with Gasteiger partial charge in [-0.1, -0.05) is 38.6 Å². The molecule has 0 spiro atoms. The average Bonchev–Trinajstić information content (AvgIpc) is 1.88. The van der Waals surface area contributed by atoms with E-state index in [0.717, 1.165) is 0 Å². The minimum Gasteiger partial charge on any atom is -0.304 e. The summed E-state index contributed by atoms with van der Waals surface area (Å²) in [5, 5.41) is 0. The zero-order valence-electron chi connectivity index (χ0n) is 7.06. The van der Waals surface area contributed by atoms with Crippen LogP contribution in [0.4, 0.5) is 0 Å². The summed E-state index contributed by atoms with van der Waals surface area (Å²) in [6.07, 6.45) is 3.56. The standard InChI is InChI=1S/C9H12N.Re/c1-9(2,3)8-5-4-6-10-7-8;/h5-7H,1-3H3;/q-1;. The van der Waals surface area contributed by atoms with Gasteiger partial charge in [-0.05, 0) is 0 Å². The Bertz CT molecular complexity index is 201. The topological polar surface area (TPSA) is 12.9 Å². The summed E-state index contributed by atoms with van der Waals surface area (Å²) in [6, 6.07) is 4.94. The first kappa shape index (κ1) is 10.8. The third-order valence-electron chi connectivity index (χ3n) is 1.47. The Morgan fingerprint density at radius 1 is 1.36 bits per heavy atom. The van der Waals surface area contributed by atoms with Crippen molar-refractivity contribution in [1.29, 1.82) is 0 Å². The first-order valence-electron chi connectivity index (χ1n) is 3.42. The van der Waals surface area contributed by atoms with Gasteiger partial charge in [-0.3, -0.25) is 0 Å². The molecule has 1 aromatic rings. The molecule has 11 heavy (non-hydrogen) atoms. The molecule has 0 aliphatic carbocycles. The van der Waals surface area contributed by atoms with Crippen molar-refractivity contribution in [1.82, 2.24) is 4.98 Å². The van der Waals surface area contributed by atoms with Gasteiger partial charge in [0.15, 0.2) is 0 Å². The van der Waals surface area contributed by atoms with Crippen LogP contribution in [0.3, 0.4) is 0 Å². The number of nitrogens with zero attached hydrogens (tertiary/aromatic N) is 1. The number of aromatic nitrogens is 1. The number of hydrogen-bond donors (Lipinski definition) is 0. The van der Waals surface area contributed by atoms with Crippen molar-refractivity contribution < 1.29 is 20.4 Å². The number of rotatable bonds is 0. The summed E-state index contributed by atoms with van der Waals surface area (Å²) >= 11 is 0. The molecule has 1 aromatic heterocycles. The van der Waals surface area contributed by atoms with E-state index in [1.54, 1.807) is 6.20 Å². The maximum atomic E-state index is 4.00. The molecule has 0 N–H and O–H groups in total. The molecule has 61 valence electrons. The molecule has 1 rings (SSSR count). The molecule has 0 saturated heterocycles. The number of hydrogen-bond acceptors (Lipinski definition) is 1. The minimum absolute atomic E-state index is 0. The van der Waals surface area contributed by atoms with E-state index in [0.29, 0.717) is 0 Å². The molecule has 0 bridgehead atoms. The van der Waals surface area contributed by atoms with Crippen LogP contribution in [-0.4, -0.2) is 4.98 Å². The first-order chi connectivity index (χ1) is 4.61. The fourth-order valence-corrected chi connectivity index (χ4v) is 0.735. The minimum atomic E-state index is 0. The summed E-state index contributed by atoms with van der Waals surface area (Å²) in [5.74, 6) is 0. The van der Waals surface area contributed by atoms with E-state index >= 15 is 0 Å².